The van der Waals surface area contributed by atoms with Crippen molar-refractivity contribution in [2.45, 2.75) is 51.3 Å². The van der Waals surface area contributed by atoms with Gasteiger partial charge in [0.15, 0.2) is 0 Å². The van der Waals surface area contributed by atoms with E-state index in [1.165, 1.54) is 0 Å². The quantitative estimate of drug-likeness (QED) is 0.853. The SMILES string of the molecule is C.O=C(OC1CC2CC3CC(C1)N2CC3=O)c1c[nH]c2ccccc12. The maximum Gasteiger partial charge on any atom is 0.340 e. The molecule has 25 heavy (non-hydrogen) atoms. The van der Waals surface area contributed by atoms with E-state index in [2.05, 4.69) is 9.88 Å². The summed E-state index contributed by atoms with van der Waals surface area (Å²) in [7, 11) is 0. The number of piperidine rings is 4. The molecule has 2 unspecified atom stereocenters. The van der Waals surface area contributed by atoms with Gasteiger partial charge in [-0.05, 0) is 18.9 Å². The summed E-state index contributed by atoms with van der Waals surface area (Å²) in [5.74, 6) is 0.403. The smallest absolute Gasteiger partial charge is 0.340 e. The van der Waals surface area contributed by atoms with E-state index in [0.717, 1.165) is 36.6 Å². The van der Waals surface area contributed by atoms with Crippen molar-refractivity contribution in [3.63, 3.8) is 0 Å². The third-order valence-corrected chi connectivity index (χ3v) is 6.00. The first kappa shape index (κ1) is 16.3. The van der Waals surface area contributed by atoms with Gasteiger partial charge in [0.1, 0.15) is 11.9 Å². The monoisotopic (exact) mass is 340 g/mol. The highest BCUT2D eigenvalue weighted by Crippen LogP contribution is 2.42. The Balaban J connectivity index is 0.00000157. The summed E-state index contributed by atoms with van der Waals surface area (Å²) in [6, 6.07) is 8.58. The lowest BCUT2D eigenvalue weighted by Crippen LogP contribution is -2.63. The van der Waals surface area contributed by atoms with E-state index in [-0.39, 0.29) is 25.4 Å². The van der Waals surface area contributed by atoms with Crippen LogP contribution in [0.15, 0.2) is 30.5 Å². The van der Waals surface area contributed by atoms with Gasteiger partial charge in [0.05, 0.1) is 12.1 Å². The summed E-state index contributed by atoms with van der Waals surface area (Å²) in [5.41, 5.74) is 1.56. The Labute approximate surface area is 147 Å². The standard InChI is InChI=1S/C19H20N2O3.CH4/c22-18-10-21-12-5-11(18)6-13(21)8-14(7-12)24-19(23)16-9-20-17-4-2-1-3-15(16)17;/h1-4,9,11-14,20H,5-8,10H2;1H4. The molecular formula is C20H24N2O3. The van der Waals surface area contributed by atoms with Gasteiger partial charge in [-0.3, -0.25) is 9.69 Å². The lowest BCUT2D eigenvalue weighted by atomic mass is 9.72. The van der Waals surface area contributed by atoms with Gasteiger partial charge in [-0.2, -0.15) is 0 Å². The van der Waals surface area contributed by atoms with Crippen LogP contribution < -0.4 is 0 Å². The minimum Gasteiger partial charge on any atom is -0.459 e. The summed E-state index contributed by atoms with van der Waals surface area (Å²) in [4.78, 5) is 30.0. The minimum absolute atomic E-state index is 0. The summed E-state index contributed by atoms with van der Waals surface area (Å²) in [5, 5.41) is 0.909. The Morgan fingerprint density at radius 1 is 1.12 bits per heavy atom. The molecule has 0 spiro atoms. The number of aromatic amines is 1. The summed E-state index contributed by atoms with van der Waals surface area (Å²) >= 11 is 0. The molecule has 2 atom stereocenters. The van der Waals surface area contributed by atoms with Crippen molar-refractivity contribution < 1.29 is 14.3 Å². The zero-order valence-corrected chi connectivity index (χ0v) is 13.4. The van der Waals surface area contributed by atoms with Crippen molar-refractivity contribution in [1.82, 2.24) is 9.88 Å². The number of nitrogens with one attached hydrogen (secondary N) is 1. The van der Waals surface area contributed by atoms with Crippen LogP contribution in [0.25, 0.3) is 10.9 Å². The molecule has 5 heterocycles. The number of esters is 1. The topological polar surface area (TPSA) is 62.4 Å². The molecule has 4 bridgehead atoms. The van der Waals surface area contributed by atoms with Gasteiger partial charge in [0.25, 0.3) is 0 Å². The maximum atomic E-state index is 12.6. The third-order valence-electron chi connectivity index (χ3n) is 6.00. The van der Waals surface area contributed by atoms with Crippen LogP contribution in [-0.2, 0) is 9.53 Å². The van der Waals surface area contributed by atoms with Crippen LogP contribution in [0, 0.1) is 5.92 Å². The van der Waals surface area contributed by atoms with Crippen molar-refractivity contribution in [1.29, 1.82) is 0 Å². The molecule has 0 amide bonds. The number of carbonyl (C=O) groups is 2. The van der Waals surface area contributed by atoms with Crippen LogP contribution in [-0.4, -0.2) is 46.4 Å². The second kappa shape index (κ2) is 5.99. The third kappa shape index (κ3) is 2.58. The van der Waals surface area contributed by atoms with Gasteiger partial charge in [-0.1, -0.05) is 25.6 Å². The van der Waals surface area contributed by atoms with Crippen molar-refractivity contribution in [2.75, 3.05) is 6.54 Å². The van der Waals surface area contributed by atoms with Gasteiger partial charge in [0.2, 0.25) is 0 Å². The molecule has 4 fully saturated rings. The summed E-state index contributed by atoms with van der Waals surface area (Å²) < 4.78 is 5.84. The molecule has 5 heteroatoms. The van der Waals surface area contributed by atoms with E-state index in [9.17, 15) is 9.59 Å². The predicted octanol–water partition coefficient (Wildman–Crippen LogP) is 3.16. The van der Waals surface area contributed by atoms with Crippen LogP contribution in [0.4, 0.5) is 0 Å². The number of nitrogens with zero attached hydrogens (tertiary/aromatic N) is 1. The number of ether oxygens (including phenoxy) is 1. The molecule has 0 radical (unpaired) electrons. The van der Waals surface area contributed by atoms with Gasteiger partial charge >= 0.3 is 5.97 Å². The first-order chi connectivity index (χ1) is 11.7. The molecule has 4 aliphatic heterocycles. The highest BCUT2D eigenvalue weighted by molar-refractivity contribution is 6.04. The number of aromatic nitrogens is 1. The number of hydrogen-bond acceptors (Lipinski definition) is 4. The molecule has 2 aromatic rings. The summed E-state index contributed by atoms with van der Waals surface area (Å²) in [6.45, 7) is 0.600. The number of rotatable bonds is 2. The number of ketones is 1. The lowest BCUT2D eigenvalue weighted by Gasteiger charge is -2.54. The normalized spacial score (nSPS) is 33.1. The molecule has 0 saturated carbocycles. The average Bonchev–Trinajstić information content (AvgIpc) is 2.99. The van der Waals surface area contributed by atoms with Crippen LogP contribution >= 0.6 is 0 Å². The van der Waals surface area contributed by atoms with Gasteiger partial charge in [-0.15, -0.1) is 0 Å². The number of hydrogen-bond donors (Lipinski definition) is 1. The maximum absolute atomic E-state index is 12.6. The van der Waals surface area contributed by atoms with E-state index in [1.54, 1.807) is 6.20 Å². The lowest BCUT2D eigenvalue weighted by molar-refractivity contribution is -0.145. The number of H-pyrrole nitrogens is 1. The van der Waals surface area contributed by atoms with Crippen LogP contribution in [0.1, 0.15) is 43.5 Å². The zero-order valence-electron chi connectivity index (χ0n) is 13.4. The Morgan fingerprint density at radius 3 is 2.56 bits per heavy atom. The van der Waals surface area contributed by atoms with Crippen molar-refractivity contribution in [3.05, 3.63) is 36.0 Å². The molecule has 1 N–H and O–H groups in total. The number of Topliss-reactive ketones (excluding diaryl/α,β-unsaturated/α-hetero) is 1. The fourth-order valence-corrected chi connectivity index (χ4v) is 4.87. The van der Waals surface area contributed by atoms with Crippen molar-refractivity contribution in [2.24, 2.45) is 5.92 Å². The van der Waals surface area contributed by atoms with E-state index in [1.807, 2.05) is 24.3 Å². The van der Waals surface area contributed by atoms with E-state index in [4.69, 9.17) is 4.74 Å². The fourth-order valence-electron chi connectivity index (χ4n) is 4.87. The van der Waals surface area contributed by atoms with Crippen molar-refractivity contribution in [3.8, 4) is 0 Å². The van der Waals surface area contributed by atoms with Gasteiger partial charge in [-0.25, -0.2) is 4.79 Å². The largest absolute Gasteiger partial charge is 0.459 e. The van der Waals surface area contributed by atoms with Crippen LogP contribution in [0.5, 0.6) is 0 Å². The number of benzene rings is 1. The molecule has 6 rings (SSSR count). The molecule has 1 aromatic carbocycles. The van der Waals surface area contributed by atoms with Gasteiger partial charge < -0.3 is 9.72 Å². The first-order valence-electron chi connectivity index (χ1n) is 8.74. The Morgan fingerprint density at radius 2 is 1.84 bits per heavy atom. The highest BCUT2D eigenvalue weighted by atomic mass is 16.5. The van der Waals surface area contributed by atoms with Crippen LogP contribution in [0.2, 0.25) is 0 Å². The van der Waals surface area contributed by atoms with E-state index >= 15 is 0 Å². The Bertz CT molecular complexity index is 811. The molecule has 0 aliphatic carbocycles. The molecule has 5 nitrogen and oxygen atoms in total. The zero-order chi connectivity index (χ0) is 16.3. The number of carbonyl (C=O) groups excluding carboxylic acids is 2. The number of para-hydroxylation sites is 1. The minimum atomic E-state index is -0.242. The second-order valence-electron chi connectivity index (χ2n) is 7.36. The van der Waals surface area contributed by atoms with Gasteiger partial charge in [0, 0.05) is 47.9 Å². The molecule has 1 aromatic heterocycles. The Kier molecular flexibility index (Phi) is 3.91. The van der Waals surface area contributed by atoms with E-state index < -0.39 is 0 Å². The number of fused-ring (bicyclic) bond motifs is 2. The summed E-state index contributed by atoms with van der Waals surface area (Å²) in [6.07, 6.45) is 5.29. The Hall–Kier alpha value is -2.14. The van der Waals surface area contributed by atoms with E-state index in [0.29, 0.717) is 30.0 Å². The molecular weight excluding hydrogens is 316 g/mol. The predicted molar refractivity (Wildman–Crippen MR) is 95.5 cm³/mol. The highest BCUT2D eigenvalue weighted by Gasteiger charge is 2.49. The molecule has 4 aliphatic rings. The molecule has 132 valence electrons. The van der Waals surface area contributed by atoms with Crippen molar-refractivity contribution >= 4 is 22.7 Å². The average molecular weight is 340 g/mol. The first-order valence-corrected chi connectivity index (χ1v) is 8.74. The molecule has 4 saturated heterocycles. The van der Waals surface area contributed by atoms with Crippen LogP contribution in [0.3, 0.4) is 0 Å². The second-order valence-corrected chi connectivity index (χ2v) is 7.36. The fraction of sp³-hybridized carbons (Fsp3) is 0.500.